The van der Waals surface area contributed by atoms with E-state index < -0.39 is 9.92 Å². The lowest BCUT2D eigenvalue weighted by Gasteiger charge is -2.08. The van der Waals surface area contributed by atoms with Gasteiger partial charge in [-0.1, -0.05) is 26.0 Å². The van der Waals surface area contributed by atoms with Gasteiger partial charge < -0.3 is 0 Å². The fourth-order valence-corrected chi connectivity index (χ4v) is 1.73. The molecule has 0 spiro atoms. The number of benzene rings is 1. The highest BCUT2D eigenvalue weighted by Gasteiger charge is 2.01. The molecule has 0 heterocycles. The van der Waals surface area contributed by atoms with Crippen molar-refractivity contribution in [2.45, 2.75) is 20.3 Å². The van der Waals surface area contributed by atoms with Crippen LogP contribution in [0.4, 0.5) is 5.69 Å². The molecule has 1 unspecified atom stereocenters. The lowest BCUT2D eigenvalue weighted by atomic mass is 10.2. The fourth-order valence-electron chi connectivity index (χ4n) is 1.07. The zero-order chi connectivity index (χ0) is 10.6. The highest BCUT2D eigenvalue weighted by molar-refractivity contribution is 7.93. The maximum atomic E-state index is 11.4. The number of rotatable bonds is 4. The Balaban J connectivity index is 2.79. The predicted octanol–water partition coefficient (Wildman–Crippen LogP) is 2.64. The van der Waals surface area contributed by atoms with Crippen molar-refractivity contribution in [2.75, 3.05) is 10.5 Å². The number of nitrogens with one attached hydrogen (secondary N) is 2. The van der Waals surface area contributed by atoms with Crippen LogP contribution in [-0.2, 0) is 16.3 Å². The first-order chi connectivity index (χ1) is 6.57. The Kier molecular flexibility index (Phi) is 3.52. The van der Waals surface area contributed by atoms with E-state index >= 15 is 0 Å². The Morgan fingerprint density at radius 3 is 2.29 bits per heavy atom. The van der Waals surface area contributed by atoms with Crippen LogP contribution in [0.25, 0.3) is 0 Å². The van der Waals surface area contributed by atoms with Gasteiger partial charge in [-0.2, -0.15) is 0 Å². The van der Waals surface area contributed by atoms with Crippen LogP contribution in [0.2, 0.25) is 0 Å². The number of aryl methyl sites for hydroxylation is 1. The first kappa shape index (κ1) is 11.0. The van der Waals surface area contributed by atoms with E-state index in [1.807, 2.05) is 24.3 Å². The molecular formula is C10H16N2OS. The average molecular weight is 212 g/mol. The van der Waals surface area contributed by atoms with E-state index in [0.29, 0.717) is 5.75 Å². The van der Waals surface area contributed by atoms with Gasteiger partial charge in [0.2, 0.25) is 0 Å². The molecule has 1 rings (SSSR count). The van der Waals surface area contributed by atoms with Crippen LogP contribution in [0.3, 0.4) is 0 Å². The number of hydrogen-bond acceptors (Lipinski definition) is 2. The van der Waals surface area contributed by atoms with Gasteiger partial charge in [-0.3, -0.25) is 4.72 Å². The third kappa shape index (κ3) is 3.03. The molecule has 0 aromatic heterocycles. The van der Waals surface area contributed by atoms with E-state index in [0.717, 1.165) is 12.1 Å². The van der Waals surface area contributed by atoms with Crippen molar-refractivity contribution in [3.8, 4) is 0 Å². The van der Waals surface area contributed by atoms with Crippen molar-refractivity contribution in [1.82, 2.24) is 0 Å². The standard InChI is InChI=1S/C10H16N2OS/c1-3-9-5-7-10(8-6-9)12-14(11,13)4-2/h5-8H,3-4H2,1-2H3,(H2,11,12,13). The Bertz CT molecular complexity index is 381. The van der Waals surface area contributed by atoms with Crippen molar-refractivity contribution in [2.24, 2.45) is 0 Å². The molecule has 0 amide bonds. The minimum Gasteiger partial charge on any atom is -0.299 e. The second-order valence-electron chi connectivity index (χ2n) is 3.12. The van der Waals surface area contributed by atoms with Crippen molar-refractivity contribution in [3.05, 3.63) is 29.8 Å². The van der Waals surface area contributed by atoms with E-state index in [2.05, 4.69) is 11.6 Å². The zero-order valence-electron chi connectivity index (χ0n) is 8.54. The smallest absolute Gasteiger partial charge is 0.126 e. The van der Waals surface area contributed by atoms with Gasteiger partial charge in [-0.25, -0.2) is 8.99 Å². The second-order valence-corrected chi connectivity index (χ2v) is 5.25. The predicted molar refractivity (Wildman–Crippen MR) is 60.8 cm³/mol. The van der Waals surface area contributed by atoms with Crippen LogP contribution in [-0.4, -0.2) is 9.96 Å². The monoisotopic (exact) mass is 212 g/mol. The first-order valence-electron chi connectivity index (χ1n) is 4.70. The Labute approximate surface area is 85.6 Å². The third-order valence-corrected chi connectivity index (χ3v) is 3.43. The van der Waals surface area contributed by atoms with Crippen LogP contribution in [0.1, 0.15) is 19.4 Å². The second kappa shape index (κ2) is 4.46. The lowest BCUT2D eigenvalue weighted by molar-refractivity contribution is 0.679. The highest BCUT2D eigenvalue weighted by atomic mass is 32.2. The average Bonchev–Trinajstić information content (AvgIpc) is 2.19. The molecule has 2 N–H and O–H groups in total. The summed E-state index contributed by atoms with van der Waals surface area (Å²) in [6.07, 6.45) is 0.990. The van der Waals surface area contributed by atoms with E-state index in [-0.39, 0.29) is 0 Å². The molecular weight excluding hydrogens is 196 g/mol. The van der Waals surface area contributed by atoms with Crippen molar-refractivity contribution < 1.29 is 4.21 Å². The Morgan fingerprint density at radius 2 is 1.86 bits per heavy atom. The Hall–Kier alpha value is -1.03. The molecule has 14 heavy (non-hydrogen) atoms. The van der Waals surface area contributed by atoms with E-state index in [1.54, 1.807) is 6.92 Å². The summed E-state index contributed by atoms with van der Waals surface area (Å²) in [7, 11) is -2.64. The molecule has 0 aliphatic heterocycles. The van der Waals surface area contributed by atoms with Crippen LogP contribution in [0.15, 0.2) is 24.3 Å². The molecule has 0 aliphatic carbocycles. The summed E-state index contributed by atoms with van der Waals surface area (Å²) < 4.78 is 21.6. The van der Waals surface area contributed by atoms with Crippen molar-refractivity contribution >= 4 is 15.6 Å². The minimum atomic E-state index is -2.64. The molecule has 0 fully saturated rings. The van der Waals surface area contributed by atoms with Crippen LogP contribution < -0.4 is 4.72 Å². The number of hydrogen-bond donors (Lipinski definition) is 2. The van der Waals surface area contributed by atoms with E-state index in [1.165, 1.54) is 5.56 Å². The van der Waals surface area contributed by atoms with Crippen LogP contribution in [0.5, 0.6) is 0 Å². The molecule has 78 valence electrons. The summed E-state index contributed by atoms with van der Waals surface area (Å²) >= 11 is 0. The summed E-state index contributed by atoms with van der Waals surface area (Å²) in [6, 6.07) is 7.69. The molecule has 0 saturated heterocycles. The molecule has 1 aromatic carbocycles. The van der Waals surface area contributed by atoms with Gasteiger partial charge in [0.25, 0.3) is 0 Å². The molecule has 1 aromatic rings. The zero-order valence-corrected chi connectivity index (χ0v) is 9.36. The van der Waals surface area contributed by atoms with Crippen LogP contribution in [0, 0.1) is 4.78 Å². The van der Waals surface area contributed by atoms with E-state index in [4.69, 9.17) is 4.78 Å². The molecule has 4 heteroatoms. The first-order valence-corrected chi connectivity index (χ1v) is 6.43. The number of anilines is 1. The molecule has 3 nitrogen and oxygen atoms in total. The Morgan fingerprint density at radius 1 is 1.29 bits per heavy atom. The maximum absolute atomic E-state index is 11.4. The van der Waals surface area contributed by atoms with Gasteiger partial charge in [-0.15, -0.1) is 0 Å². The molecule has 0 radical (unpaired) electrons. The van der Waals surface area contributed by atoms with Gasteiger partial charge >= 0.3 is 0 Å². The van der Waals surface area contributed by atoms with E-state index in [9.17, 15) is 4.21 Å². The summed E-state index contributed by atoms with van der Waals surface area (Å²) in [6.45, 7) is 3.82. The summed E-state index contributed by atoms with van der Waals surface area (Å²) in [5.74, 6) is 0.322. The normalized spacial score (nSPS) is 14.7. The van der Waals surface area contributed by atoms with Gasteiger partial charge in [-0.05, 0) is 24.1 Å². The maximum Gasteiger partial charge on any atom is 0.126 e. The quantitative estimate of drug-likeness (QED) is 0.792. The van der Waals surface area contributed by atoms with Crippen LogP contribution >= 0.6 is 0 Å². The van der Waals surface area contributed by atoms with Crippen molar-refractivity contribution in [1.29, 1.82) is 4.78 Å². The molecule has 1 atom stereocenters. The highest BCUT2D eigenvalue weighted by Crippen LogP contribution is 2.11. The van der Waals surface area contributed by atoms with Gasteiger partial charge in [0, 0.05) is 11.4 Å². The summed E-state index contributed by atoms with van der Waals surface area (Å²) in [5, 5.41) is 0. The minimum absolute atomic E-state index is 0.322. The third-order valence-electron chi connectivity index (χ3n) is 2.05. The molecule has 0 aliphatic rings. The van der Waals surface area contributed by atoms with Gasteiger partial charge in [0.05, 0.1) is 0 Å². The SMILES string of the molecule is CCc1ccc(NS(=N)(=O)CC)cc1. The lowest BCUT2D eigenvalue weighted by Crippen LogP contribution is -2.12. The molecule has 0 saturated carbocycles. The topological polar surface area (TPSA) is 53.0 Å². The summed E-state index contributed by atoms with van der Waals surface area (Å²) in [5.41, 5.74) is 1.99. The van der Waals surface area contributed by atoms with Crippen molar-refractivity contribution in [3.63, 3.8) is 0 Å². The largest absolute Gasteiger partial charge is 0.299 e. The molecule has 0 bridgehead atoms. The van der Waals surface area contributed by atoms with Gasteiger partial charge in [0.15, 0.2) is 0 Å². The fraction of sp³-hybridized carbons (Fsp3) is 0.400. The summed E-state index contributed by atoms with van der Waals surface area (Å²) in [4.78, 5) is 0. The van der Waals surface area contributed by atoms with Gasteiger partial charge in [0.1, 0.15) is 9.92 Å².